The average molecular weight is 331 g/mol. The molecule has 1 saturated heterocycles. The van der Waals surface area contributed by atoms with Gasteiger partial charge in [-0.15, -0.1) is 0 Å². The molecule has 0 radical (unpaired) electrons. The monoisotopic (exact) mass is 331 g/mol. The summed E-state index contributed by atoms with van der Waals surface area (Å²) in [7, 11) is 0. The lowest BCUT2D eigenvalue weighted by molar-refractivity contribution is -0.0886. The van der Waals surface area contributed by atoms with E-state index >= 15 is 0 Å². The van der Waals surface area contributed by atoms with Crippen molar-refractivity contribution >= 4 is 5.82 Å². The smallest absolute Gasteiger partial charge is 0.351 e. The largest absolute Gasteiger partial charge is 0.391 e. The van der Waals surface area contributed by atoms with Crippen LogP contribution in [0.4, 0.5) is 14.6 Å². The minimum atomic E-state index is -2.46. The van der Waals surface area contributed by atoms with Crippen LogP contribution >= 0.6 is 0 Å². The van der Waals surface area contributed by atoms with Crippen LogP contribution in [0, 0.1) is 17.7 Å². The Morgan fingerprint density at radius 3 is 2.87 bits per heavy atom. The molecule has 1 unspecified atom stereocenters. The van der Waals surface area contributed by atoms with Gasteiger partial charge in [0.2, 0.25) is 0 Å². The molecule has 1 aromatic heterocycles. The number of alkyl halides is 1. The Hall–Kier alpha value is -2.06. The number of ether oxygens (including phenoxy) is 1. The van der Waals surface area contributed by atoms with E-state index < -0.39 is 54.1 Å². The summed E-state index contributed by atoms with van der Waals surface area (Å²) < 4.78 is 31.7. The van der Waals surface area contributed by atoms with Gasteiger partial charge >= 0.3 is 5.69 Å². The van der Waals surface area contributed by atoms with Crippen molar-refractivity contribution in [2.45, 2.75) is 37.1 Å². The topological polar surface area (TPSA) is 131 Å². The van der Waals surface area contributed by atoms with E-state index in [4.69, 9.17) is 10.5 Å². The maximum Gasteiger partial charge on any atom is 0.351 e. The molecule has 0 aromatic carbocycles. The van der Waals surface area contributed by atoms with E-state index in [1.54, 1.807) is 0 Å². The van der Waals surface area contributed by atoms with E-state index in [1.807, 2.05) is 5.92 Å². The molecule has 1 aromatic rings. The zero-order valence-corrected chi connectivity index (χ0v) is 12.0. The predicted molar refractivity (Wildman–Crippen MR) is 73.2 cm³/mol. The molecule has 0 bridgehead atoms. The number of rotatable bonds is 2. The summed E-state index contributed by atoms with van der Waals surface area (Å²) in [5, 5.41) is 30.3. The van der Waals surface area contributed by atoms with Crippen LogP contribution in [-0.4, -0.2) is 55.5 Å². The molecule has 1 aliphatic rings. The van der Waals surface area contributed by atoms with Crippen molar-refractivity contribution in [1.29, 1.82) is 0 Å². The summed E-state index contributed by atoms with van der Waals surface area (Å²) in [6.07, 6.45) is -5.47. The summed E-state index contributed by atoms with van der Waals surface area (Å²) >= 11 is 0. The Bertz CT molecular complexity index is 714. The maximum atomic E-state index is 13.6. The van der Waals surface area contributed by atoms with Crippen molar-refractivity contribution in [2.24, 2.45) is 0 Å². The normalized spacial score (nSPS) is 31.5. The van der Waals surface area contributed by atoms with Crippen LogP contribution in [-0.2, 0) is 4.74 Å². The van der Waals surface area contributed by atoms with Gasteiger partial charge in [0.1, 0.15) is 18.9 Å². The summed E-state index contributed by atoms with van der Waals surface area (Å²) in [5.41, 5.74) is 1.64. The predicted octanol–water partition coefficient (Wildman–Crippen LogP) is -1.69. The van der Waals surface area contributed by atoms with Crippen LogP contribution in [0.3, 0.4) is 0 Å². The molecule has 5 atom stereocenters. The molecule has 126 valence electrons. The van der Waals surface area contributed by atoms with E-state index in [-0.39, 0.29) is 0 Å². The molecule has 0 spiro atoms. The molecular formula is C13H15F2N3O5. The van der Waals surface area contributed by atoms with E-state index in [9.17, 15) is 28.9 Å². The van der Waals surface area contributed by atoms with E-state index in [0.717, 1.165) is 0 Å². The number of hydrogen-bond acceptors (Lipinski definition) is 7. The third-order valence-electron chi connectivity index (χ3n) is 3.44. The van der Waals surface area contributed by atoms with Crippen LogP contribution in [0.15, 0.2) is 11.0 Å². The van der Waals surface area contributed by atoms with Gasteiger partial charge in [0.25, 0.3) is 0 Å². The summed E-state index contributed by atoms with van der Waals surface area (Å²) in [6, 6.07) is 0. The van der Waals surface area contributed by atoms with Crippen LogP contribution in [0.5, 0.6) is 0 Å². The fourth-order valence-corrected chi connectivity index (χ4v) is 2.31. The number of nitrogens with two attached hydrogens (primary N) is 1. The summed E-state index contributed by atoms with van der Waals surface area (Å²) in [6.45, 7) is 0.133. The second-order valence-electron chi connectivity index (χ2n) is 5.06. The number of aromatic nitrogens is 2. The van der Waals surface area contributed by atoms with Gasteiger partial charge in [-0.2, -0.15) is 4.98 Å². The first kappa shape index (κ1) is 17.3. The number of aliphatic hydroxyl groups excluding tert-OH is 2. The lowest BCUT2D eigenvalue weighted by atomic mass is 9.92. The Morgan fingerprint density at radius 1 is 1.65 bits per heavy atom. The molecule has 0 amide bonds. The van der Waals surface area contributed by atoms with E-state index in [2.05, 4.69) is 10.9 Å². The van der Waals surface area contributed by atoms with E-state index in [1.165, 1.54) is 6.92 Å². The van der Waals surface area contributed by atoms with Crippen molar-refractivity contribution in [1.82, 2.24) is 9.55 Å². The second kappa shape index (κ2) is 6.21. The van der Waals surface area contributed by atoms with Gasteiger partial charge in [0, 0.05) is 0 Å². The zero-order chi connectivity index (χ0) is 17.4. The minimum absolute atomic E-state index is 0.532. The fourth-order valence-electron chi connectivity index (χ4n) is 2.31. The fraction of sp³-hybridized carbons (Fsp3) is 0.538. The highest BCUT2D eigenvalue weighted by atomic mass is 19.1. The number of nitrogen functional groups attached to an aromatic ring is 1. The van der Waals surface area contributed by atoms with Crippen LogP contribution < -0.4 is 11.4 Å². The molecule has 5 N–H and O–H groups in total. The van der Waals surface area contributed by atoms with Crippen molar-refractivity contribution in [3.63, 3.8) is 0 Å². The van der Waals surface area contributed by atoms with Gasteiger partial charge in [-0.05, 0) is 6.92 Å². The van der Waals surface area contributed by atoms with Gasteiger partial charge in [-0.25, -0.2) is 13.6 Å². The lowest BCUT2D eigenvalue weighted by Crippen LogP contribution is -2.48. The molecule has 8 nitrogen and oxygen atoms in total. The molecular weight excluding hydrogens is 316 g/mol. The van der Waals surface area contributed by atoms with Gasteiger partial charge in [-0.1, -0.05) is 11.8 Å². The molecule has 1 aliphatic heterocycles. The first-order valence-electron chi connectivity index (χ1n) is 6.56. The van der Waals surface area contributed by atoms with Gasteiger partial charge < -0.3 is 25.8 Å². The number of halogens is 2. The van der Waals surface area contributed by atoms with Gasteiger partial charge in [0.15, 0.2) is 23.5 Å². The van der Waals surface area contributed by atoms with Crippen molar-refractivity contribution in [3.05, 3.63) is 22.5 Å². The molecule has 0 saturated carbocycles. The third kappa shape index (κ3) is 2.91. The molecule has 2 heterocycles. The van der Waals surface area contributed by atoms with Crippen molar-refractivity contribution in [3.8, 4) is 11.8 Å². The van der Waals surface area contributed by atoms with Crippen LogP contribution in [0.1, 0.15) is 13.2 Å². The zero-order valence-electron chi connectivity index (χ0n) is 12.0. The quantitative estimate of drug-likeness (QED) is 0.476. The minimum Gasteiger partial charge on any atom is -0.391 e. The van der Waals surface area contributed by atoms with Crippen LogP contribution in [0.25, 0.3) is 0 Å². The molecule has 2 rings (SSSR count). The Balaban J connectivity index is 2.58. The Kier molecular flexibility index (Phi) is 4.67. The molecule has 1 fully saturated rings. The highest BCUT2D eigenvalue weighted by molar-refractivity contribution is 5.28. The number of nitrogens with zero attached hydrogens (tertiary/aromatic N) is 2. The van der Waals surface area contributed by atoms with Crippen LogP contribution in [0.2, 0.25) is 0 Å². The first-order chi connectivity index (χ1) is 10.7. The van der Waals surface area contributed by atoms with Gasteiger partial charge in [-0.3, -0.25) is 4.57 Å². The molecule has 23 heavy (non-hydrogen) atoms. The molecule has 0 aliphatic carbocycles. The highest BCUT2D eigenvalue weighted by Gasteiger charge is 2.57. The Morgan fingerprint density at radius 2 is 2.30 bits per heavy atom. The summed E-state index contributed by atoms with van der Waals surface area (Å²) in [5.74, 6) is 2.26. The third-order valence-corrected chi connectivity index (χ3v) is 3.44. The maximum absolute atomic E-state index is 13.6. The standard InChI is InChI=1S/C13H15F2N3O5/c1-6(19)8-9(20)13(22,3-2-4-14)11(23-8)18-5-7(15)10(16)17-12(18)21/h5-6,8-9,11,19-20,22H,4H2,1H3,(H2,16,17,21)/t6-,8-,9?,11-,13-/m1/s1. The summed E-state index contributed by atoms with van der Waals surface area (Å²) in [4.78, 5) is 15.1. The Labute approximate surface area is 129 Å². The second-order valence-corrected chi connectivity index (χ2v) is 5.06. The molecule has 10 heteroatoms. The number of anilines is 1. The number of aliphatic hydroxyl groups is 3. The highest BCUT2D eigenvalue weighted by Crippen LogP contribution is 2.38. The first-order valence-corrected chi connectivity index (χ1v) is 6.56. The van der Waals surface area contributed by atoms with Crippen molar-refractivity contribution in [2.75, 3.05) is 12.4 Å². The lowest BCUT2D eigenvalue weighted by Gasteiger charge is -2.26. The van der Waals surface area contributed by atoms with E-state index in [0.29, 0.717) is 10.8 Å². The SMILES string of the molecule is C[C@@H](O)[C@H]1O[C@@H](n2cc(F)c(N)nc2=O)[C@@](O)(C#CCF)C1O. The average Bonchev–Trinajstić information content (AvgIpc) is 2.74. The number of hydrogen-bond donors (Lipinski definition) is 4. The van der Waals surface area contributed by atoms with Gasteiger partial charge in [0.05, 0.1) is 12.3 Å². The van der Waals surface area contributed by atoms with Crippen molar-refractivity contribution < 1.29 is 28.8 Å².